The first-order chi connectivity index (χ1) is 11.4. The minimum absolute atomic E-state index is 0.212. The lowest BCUT2D eigenvalue weighted by Gasteiger charge is -2.14. The van der Waals surface area contributed by atoms with Crippen molar-refractivity contribution in [2.75, 3.05) is 13.7 Å². The van der Waals surface area contributed by atoms with Crippen molar-refractivity contribution in [3.63, 3.8) is 0 Å². The van der Waals surface area contributed by atoms with E-state index in [2.05, 4.69) is 10.3 Å². The van der Waals surface area contributed by atoms with E-state index in [9.17, 15) is 13.2 Å². The summed E-state index contributed by atoms with van der Waals surface area (Å²) in [5.74, 6) is 0.815. The van der Waals surface area contributed by atoms with Gasteiger partial charge in [-0.25, -0.2) is 4.98 Å². The van der Waals surface area contributed by atoms with Crippen molar-refractivity contribution in [1.82, 2.24) is 10.3 Å². The van der Waals surface area contributed by atoms with Crippen molar-refractivity contribution in [3.05, 3.63) is 59.4 Å². The van der Waals surface area contributed by atoms with Crippen LogP contribution in [-0.4, -0.2) is 24.7 Å². The highest BCUT2D eigenvalue weighted by Crippen LogP contribution is 2.27. The van der Waals surface area contributed by atoms with E-state index in [0.29, 0.717) is 18.7 Å². The van der Waals surface area contributed by atoms with Gasteiger partial charge in [0.1, 0.15) is 11.4 Å². The molecule has 0 amide bonds. The number of hydrogen-bond acceptors (Lipinski definition) is 3. The molecule has 1 aromatic carbocycles. The van der Waals surface area contributed by atoms with Crippen LogP contribution >= 0.6 is 0 Å². The van der Waals surface area contributed by atoms with Gasteiger partial charge in [0.05, 0.1) is 7.11 Å². The quantitative estimate of drug-likeness (QED) is 0.832. The molecule has 0 spiro atoms. The fraction of sp³-hybridized carbons (Fsp3) is 0.389. The van der Waals surface area contributed by atoms with Crippen molar-refractivity contribution in [2.24, 2.45) is 0 Å². The Hall–Kier alpha value is -2.08. The number of halogens is 3. The lowest BCUT2D eigenvalue weighted by molar-refractivity contribution is -0.141. The third-order valence-electron chi connectivity index (χ3n) is 3.67. The molecule has 2 rings (SSSR count). The molecule has 1 atom stereocenters. The summed E-state index contributed by atoms with van der Waals surface area (Å²) in [7, 11) is 1.63. The molecular weight excluding hydrogens is 317 g/mol. The third-order valence-corrected chi connectivity index (χ3v) is 3.67. The highest BCUT2D eigenvalue weighted by molar-refractivity contribution is 5.27. The van der Waals surface area contributed by atoms with Gasteiger partial charge in [-0.2, -0.15) is 13.2 Å². The van der Waals surface area contributed by atoms with Crippen LogP contribution in [0.5, 0.6) is 5.75 Å². The molecule has 0 radical (unpaired) electrons. The van der Waals surface area contributed by atoms with Crippen molar-refractivity contribution in [1.29, 1.82) is 0 Å². The fourth-order valence-corrected chi connectivity index (χ4v) is 2.41. The SMILES string of the molecule is COc1ccc(C[C@@H](C)NCCc2cccc(C(F)(F)F)n2)cc1. The Balaban J connectivity index is 1.81. The van der Waals surface area contributed by atoms with Gasteiger partial charge in [-0.3, -0.25) is 0 Å². The van der Waals surface area contributed by atoms with Crippen LogP contribution < -0.4 is 10.1 Å². The zero-order valence-corrected chi connectivity index (χ0v) is 13.7. The molecule has 0 fully saturated rings. The van der Waals surface area contributed by atoms with Crippen LogP contribution in [0.3, 0.4) is 0 Å². The van der Waals surface area contributed by atoms with E-state index in [0.717, 1.165) is 18.2 Å². The van der Waals surface area contributed by atoms with E-state index in [1.54, 1.807) is 13.2 Å². The Morgan fingerprint density at radius 2 is 1.83 bits per heavy atom. The lowest BCUT2D eigenvalue weighted by atomic mass is 10.1. The second-order valence-corrected chi connectivity index (χ2v) is 5.67. The predicted octanol–water partition coefficient (Wildman–Crippen LogP) is 3.87. The van der Waals surface area contributed by atoms with Crippen LogP contribution in [0.15, 0.2) is 42.5 Å². The van der Waals surface area contributed by atoms with Crippen LogP contribution in [0.2, 0.25) is 0 Å². The smallest absolute Gasteiger partial charge is 0.433 e. The summed E-state index contributed by atoms with van der Waals surface area (Å²) in [6, 6.07) is 12.0. The normalized spacial score (nSPS) is 12.9. The molecule has 0 saturated heterocycles. The zero-order chi connectivity index (χ0) is 17.6. The molecule has 0 saturated carbocycles. The molecule has 0 aliphatic heterocycles. The average Bonchev–Trinajstić information content (AvgIpc) is 2.55. The maximum absolute atomic E-state index is 12.6. The van der Waals surface area contributed by atoms with Gasteiger partial charge in [0.25, 0.3) is 0 Å². The largest absolute Gasteiger partial charge is 0.497 e. The van der Waals surface area contributed by atoms with Gasteiger partial charge in [0, 0.05) is 24.7 Å². The molecule has 0 aliphatic carbocycles. The molecule has 1 N–H and O–H groups in total. The maximum Gasteiger partial charge on any atom is 0.433 e. The minimum Gasteiger partial charge on any atom is -0.497 e. The molecule has 0 unspecified atom stereocenters. The molecule has 130 valence electrons. The van der Waals surface area contributed by atoms with Gasteiger partial charge in [-0.15, -0.1) is 0 Å². The second kappa shape index (κ2) is 8.15. The number of pyridine rings is 1. The molecule has 24 heavy (non-hydrogen) atoms. The van der Waals surface area contributed by atoms with Crippen molar-refractivity contribution in [3.8, 4) is 5.75 Å². The maximum atomic E-state index is 12.6. The number of nitrogens with zero attached hydrogens (tertiary/aromatic N) is 1. The number of rotatable bonds is 7. The molecule has 0 bridgehead atoms. The molecule has 0 aliphatic rings. The first kappa shape index (κ1) is 18.3. The number of alkyl halides is 3. The number of hydrogen-bond donors (Lipinski definition) is 1. The monoisotopic (exact) mass is 338 g/mol. The first-order valence-corrected chi connectivity index (χ1v) is 7.78. The lowest BCUT2D eigenvalue weighted by Crippen LogP contribution is -2.30. The first-order valence-electron chi connectivity index (χ1n) is 7.78. The summed E-state index contributed by atoms with van der Waals surface area (Å²) in [6.45, 7) is 2.62. The number of ether oxygens (including phenoxy) is 1. The van der Waals surface area contributed by atoms with Gasteiger partial charge < -0.3 is 10.1 Å². The van der Waals surface area contributed by atoms with E-state index in [1.807, 2.05) is 31.2 Å². The van der Waals surface area contributed by atoms with Gasteiger partial charge in [-0.1, -0.05) is 18.2 Å². The number of benzene rings is 1. The van der Waals surface area contributed by atoms with E-state index in [-0.39, 0.29) is 6.04 Å². The third kappa shape index (κ3) is 5.53. The highest BCUT2D eigenvalue weighted by Gasteiger charge is 2.32. The van der Waals surface area contributed by atoms with E-state index < -0.39 is 11.9 Å². The van der Waals surface area contributed by atoms with Crippen LogP contribution in [0.4, 0.5) is 13.2 Å². The zero-order valence-electron chi connectivity index (χ0n) is 13.7. The fourth-order valence-electron chi connectivity index (χ4n) is 2.41. The Morgan fingerprint density at radius 1 is 1.12 bits per heavy atom. The summed E-state index contributed by atoms with van der Waals surface area (Å²) < 4.78 is 43.0. The Morgan fingerprint density at radius 3 is 2.46 bits per heavy atom. The number of methoxy groups -OCH3 is 1. The van der Waals surface area contributed by atoms with Crippen LogP contribution in [0, 0.1) is 0 Å². The summed E-state index contributed by atoms with van der Waals surface area (Å²) in [4.78, 5) is 3.67. The highest BCUT2D eigenvalue weighted by atomic mass is 19.4. The summed E-state index contributed by atoms with van der Waals surface area (Å²) >= 11 is 0. The van der Waals surface area contributed by atoms with Crippen LogP contribution in [0.25, 0.3) is 0 Å². The number of nitrogens with one attached hydrogen (secondary N) is 1. The van der Waals surface area contributed by atoms with Gasteiger partial charge in [0.2, 0.25) is 0 Å². The second-order valence-electron chi connectivity index (χ2n) is 5.67. The van der Waals surface area contributed by atoms with E-state index in [4.69, 9.17) is 4.74 Å². The molecule has 3 nitrogen and oxygen atoms in total. The van der Waals surface area contributed by atoms with Gasteiger partial charge in [0.15, 0.2) is 0 Å². The van der Waals surface area contributed by atoms with Gasteiger partial charge in [-0.05, 0) is 43.2 Å². The van der Waals surface area contributed by atoms with Crippen molar-refractivity contribution < 1.29 is 17.9 Å². The Kier molecular flexibility index (Phi) is 6.20. The Bertz CT molecular complexity index is 641. The van der Waals surface area contributed by atoms with Crippen LogP contribution in [-0.2, 0) is 19.0 Å². The molecular formula is C18H21F3N2O. The predicted molar refractivity (Wildman–Crippen MR) is 87.1 cm³/mol. The van der Waals surface area contributed by atoms with Gasteiger partial charge >= 0.3 is 6.18 Å². The topological polar surface area (TPSA) is 34.1 Å². The summed E-state index contributed by atoms with van der Waals surface area (Å²) in [6.07, 6.45) is -3.11. The van der Waals surface area contributed by atoms with E-state index in [1.165, 1.54) is 11.6 Å². The summed E-state index contributed by atoms with van der Waals surface area (Å²) in [5.41, 5.74) is 0.772. The van der Waals surface area contributed by atoms with Crippen LogP contribution in [0.1, 0.15) is 23.9 Å². The molecule has 1 heterocycles. The Labute approximate surface area is 139 Å². The summed E-state index contributed by atoms with van der Waals surface area (Å²) in [5, 5.41) is 3.31. The standard InChI is InChI=1S/C18H21F3N2O/c1-13(12-14-6-8-16(24-2)9-7-14)22-11-10-15-4-3-5-17(23-15)18(19,20)21/h3-9,13,22H,10-12H2,1-2H3/t13-/m1/s1. The van der Waals surface area contributed by atoms with Crippen molar-refractivity contribution >= 4 is 0 Å². The minimum atomic E-state index is -4.40. The average molecular weight is 338 g/mol. The van der Waals surface area contributed by atoms with Crippen molar-refractivity contribution in [2.45, 2.75) is 32.0 Å². The number of aromatic nitrogens is 1. The van der Waals surface area contributed by atoms with E-state index >= 15 is 0 Å². The molecule has 2 aromatic rings. The molecule has 6 heteroatoms. The molecule has 1 aromatic heterocycles.